The van der Waals surface area contributed by atoms with Gasteiger partial charge in [-0.2, -0.15) is 5.10 Å². The number of carbonyl (C=O) groups is 1. The predicted octanol–water partition coefficient (Wildman–Crippen LogP) is 2.00. The number of fused-ring (bicyclic) bond motifs is 1. The van der Waals surface area contributed by atoms with E-state index >= 15 is 0 Å². The number of nitrogens with zero attached hydrogens (tertiary/aromatic N) is 3. The van der Waals surface area contributed by atoms with E-state index in [4.69, 9.17) is 10.5 Å². The second-order valence-electron chi connectivity index (χ2n) is 8.92. The van der Waals surface area contributed by atoms with Crippen LogP contribution in [0, 0.1) is 11.8 Å². The molecular formula is C20H25F2N5O2. The molecule has 1 aliphatic carbocycles. The number of alkyl halides is 2. The molecule has 2 saturated heterocycles. The van der Waals surface area contributed by atoms with E-state index in [-0.39, 0.29) is 42.2 Å². The van der Waals surface area contributed by atoms with Crippen LogP contribution >= 0.6 is 0 Å². The Morgan fingerprint density at radius 1 is 1.34 bits per heavy atom. The van der Waals surface area contributed by atoms with Crippen molar-refractivity contribution in [2.75, 3.05) is 13.2 Å². The molecule has 2 aromatic rings. The van der Waals surface area contributed by atoms with E-state index in [0.29, 0.717) is 43.8 Å². The van der Waals surface area contributed by atoms with Gasteiger partial charge in [0.25, 0.3) is 0 Å². The van der Waals surface area contributed by atoms with Crippen molar-refractivity contribution < 1.29 is 18.3 Å². The first-order valence-corrected chi connectivity index (χ1v) is 10.2. The van der Waals surface area contributed by atoms with Crippen molar-refractivity contribution >= 4 is 11.6 Å². The Labute approximate surface area is 167 Å². The number of hydrogen-bond donors (Lipinski definition) is 2. The van der Waals surface area contributed by atoms with Crippen LogP contribution in [0.2, 0.25) is 0 Å². The number of carbonyl (C=O) groups excluding carboxylic acids is 1. The average molecular weight is 405 g/mol. The molecule has 3 aliphatic rings. The lowest BCUT2D eigenvalue weighted by atomic mass is 9.81. The molecule has 3 N–H and O–H groups in total. The fourth-order valence-electron chi connectivity index (χ4n) is 4.84. The first-order chi connectivity index (χ1) is 13.8. The van der Waals surface area contributed by atoms with Crippen LogP contribution in [-0.4, -0.2) is 45.2 Å². The largest absolute Gasteiger partial charge is 0.376 e. The van der Waals surface area contributed by atoms with E-state index in [0.717, 1.165) is 12.0 Å². The van der Waals surface area contributed by atoms with E-state index in [1.807, 2.05) is 6.07 Å². The third-order valence-corrected chi connectivity index (χ3v) is 6.64. The fraction of sp³-hybridized carbons (Fsp3) is 0.650. The summed E-state index contributed by atoms with van der Waals surface area (Å²) >= 11 is 0. The smallest absolute Gasteiger partial charge is 0.248 e. The van der Waals surface area contributed by atoms with Gasteiger partial charge in [-0.05, 0) is 43.2 Å². The molecule has 156 valence electrons. The number of halogens is 2. The van der Waals surface area contributed by atoms with Crippen LogP contribution in [0.15, 0.2) is 18.5 Å². The summed E-state index contributed by atoms with van der Waals surface area (Å²) in [4.78, 5) is 16.9. The molecule has 4 heterocycles. The topological polar surface area (TPSA) is 94.5 Å². The van der Waals surface area contributed by atoms with Gasteiger partial charge in [0, 0.05) is 18.8 Å². The third-order valence-electron chi connectivity index (χ3n) is 6.64. The highest BCUT2D eigenvalue weighted by atomic mass is 19.3. The Bertz CT molecular complexity index is 932. The first-order valence-electron chi connectivity index (χ1n) is 10.2. The first kappa shape index (κ1) is 18.9. The molecule has 0 bridgehead atoms. The van der Waals surface area contributed by atoms with Gasteiger partial charge in [-0.25, -0.2) is 18.3 Å². The second kappa shape index (κ2) is 6.70. The lowest BCUT2D eigenvalue weighted by molar-refractivity contribution is -0.125. The summed E-state index contributed by atoms with van der Waals surface area (Å²) in [5, 5.41) is 7.47. The lowest BCUT2D eigenvalue weighted by Gasteiger charge is -2.37. The van der Waals surface area contributed by atoms with Crippen molar-refractivity contribution in [2.45, 2.75) is 56.0 Å². The highest BCUT2D eigenvalue weighted by Gasteiger charge is 2.49. The summed E-state index contributed by atoms with van der Waals surface area (Å²) in [5.74, 6) is -2.60. The molecular weight excluding hydrogens is 380 g/mol. The molecule has 1 spiro atoms. The molecule has 9 heteroatoms. The highest BCUT2D eigenvalue weighted by Crippen LogP contribution is 2.40. The molecule has 2 aliphatic heterocycles. The van der Waals surface area contributed by atoms with Crippen molar-refractivity contribution in [1.82, 2.24) is 19.9 Å². The van der Waals surface area contributed by atoms with Gasteiger partial charge in [-0.1, -0.05) is 0 Å². The summed E-state index contributed by atoms with van der Waals surface area (Å²) < 4.78 is 33.8. The molecule has 0 aromatic carbocycles. The van der Waals surface area contributed by atoms with Crippen LogP contribution < -0.4 is 11.1 Å². The normalized spacial score (nSPS) is 27.1. The van der Waals surface area contributed by atoms with Gasteiger partial charge in [0.15, 0.2) is 5.65 Å². The molecule has 0 radical (unpaired) electrons. The highest BCUT2D eigenvalue weighted by molar-refractivity contribution is 5.82. The molecule has 1 amide bonds. The maximum absolute atomic E-state index is 13.4. The van der Waals surface area contributed by atoms with E-state index in [1.165, 1.54) is 0 Å². The van der Waals surface area contributed by atoms with Crippen LogP contribution in [-0.2, 0) is 16.0 Å². The molecule has 7 nitrogen and oxygen atoms in total. The minimum Gasteiger partial charge on any atom is -0.376 e. The Morgan fingerprint density at radius 3 is 2.76 bits per heavy atom. The fourth-order valence-corrected chi connectivity index (χ4v) is 4.84. The Balaban J connectivity index is 1.29. The molecule has 3 fully saturated rings. The van der Waals surface area contributed by atoms with Gasteiger partial charge in [0.1, 0.15) is 0 Å². The van der Waals surface area contributed by atoms with Gasteiger partial charge in [-0.3, -0.25) is 4.79 Å². The average Bonchev–Trinajstić information content (AvgIpc) is 3.22. The van der Waals surface area contributed by atoms with Crippen molar-refractivity contribution in [1.29, 1.82) is 0 Å². The molecule has 1 unspecified atom stereocenters. The Hall–Kier alpha value is -2.13. The number of hydrogen-bond acceptors (Lipinski definition) is 5. The van der Waals surface area contributed by atoms with Gasteiger partial charge < -0.3 is 15.8 Å². The number of imidazole rings is 1. The van der Waals surface area contributed by atoms with Crippen LogP contribution in [0.1, 0.15) is 49.4 Å². The zero-order chi connectivity index (χ0) is 20.2. The van der Waals surface area contributed by atoms with Crippen LogP contribution in [0.25, 0.3) is 5.65 Å². The number of rotatable bonds is 4. The van der Waals surface area contributed by atoms with E-state index in [2.05, 4.69) is 15.4 Å². The number of aromatic nitrogens is 3. The van der Waals surface area contributed by atoms with E-state index in [1.54, 1.807) is 16.9 Å². The minimum absolute atomic E-state index is 0.00192. The summed E-state index contributed by atoms with van der Waals surface area (Å²) in [6, 6.07) is 1.55. The van der Waals surface area contributed by atoms with Gasteiger partial charge in [0.05, 0.1) is 42.9 Å². The van der Waals surface area contributed by atoms with Crippen molar-refractivity contribution in [3.8, 4) is 0 Å². The van der Waals surface area contributed by atoms with Crippen LogP contribution in [0.3, 0.4) is 0 Å². The molecule has 2 aromatic heterocycles. The molecule has 2 atom stereocenters. The summed E-state index contributed by atoms with van der Waals surface area (Å²) in [6.07, 6.45) is 5.48. The number of nitrogens with two attached hydrogens (primary N) is 1. The predicted molar refractivity (Wildman–Crippen MR) is 100 cm³/mol. The summed E-state index contributed by atoms with van der Waals surface area (Å²) in [7, 11) is 0. The van der Waals surface area contributed by atoms with Crippen molar-refractivity contribution in [3.63, 3.8) is 0 Å². The Kier molecular flexibility index (Phi) is 4.36. The minimum atomic E-state index is -2.57. The zero-order valence-electron chi connectivity index (χ0n) is 16.1. The maximum atomic E-state index is 13.4. The monoisotopic (exact) mass is 405 g/mol. The number of nitrogens with one attached hydrogen (secondary N) is 1. The van der Waals surface area contributed by atoms with Crippen molar-refractivity contribution in [2.24, 2.45) is 17.6 Å². The van der Waals surface area contributed by atoms with Gasteiger partial charge >= 0.3 is 0 Å². The Morgan fingerprint density at radius 2 is 2.10 bits per heavy atom. The zero-order valence-corrected chi connectivity index (χ0v) is 16.1. The van der Waals surface area contributed by atoms with Crippen LogP contribution in [0.5, 0.6) is 0 Å². The van der Waals surface area contributed by atoms with Gasteiger partial charge in [-0.15, -0.1) is 0 Å². The maximum Gasteiger partial charge on any atom is 0.248 e. The summed E-state index contributed by atoms with van der Waals surface area (Å²) in [6.45, 7) is 1.17. The van der Waals surface area contributed by atoms with E-state index in [9.17, 15) is 13.6 Å². The second-order valence-corrected chi connectivity index (χ2v) is 8.92. The molecule has 5 rings (SSSR count). The summed E-state index contributed by atoms with van der Waals surface area (Å²) in [5.41, 5.74) is 8.45. The quantitative estimate of drug-likeness (QED) is 0.811. The SMILES string of the molecule is N[C@H](c1cn2ncc(CC3CC4(COC4)NC3=O)cc2n1)C1CCC(F)(F)CC1. The number of ether oxygens (including phenoxy) is 1. The molecule has 1 saturated carbocycles. The third kappa shape index (κ3) is 3.50. The standard InChI is InChI=1S/C20H25F2N5O2/c21-20(22)3-1-13(2-4-20)17(23)15-9-27-16(25-15)6-12(8-24-27)5-14-7-19(10-29-11-19)26-18(14)28/h6,8-9,13-14,17H,1-5,7,10-11,23H2,(H,26,28)/t14?,17-/m0/s1. The van der Waals surface area contributed by atoms with Crippen molar-refractivity contribution in [3.05, 3.63) is 29.7 Å². The van der Waals surface area contributed by atoms with Crippen LogP contribution in [0.4, 0.5) is 8.78 Å². The van der Waals surface area contributed by atoms with Gasteiger partial charge in [0.2, 0.25) is 11.8 Å². The number of amides is 1. The molecule has 29 heavy (non-hydrogen) atoms. The lowest BCUT2D eigenvalue weighted by Crippen LogP contribution is -2.57. The van der Waals surface area contributed by atoms with E-state index < -0.39 is 5.92 Å².